The van der Waals surface area contributed by atoms with Gasteiger partial charge in [-0.25, -0.2) is 8.78 Å². The van der Waals surface area contributed by atoms with Crippen LogP contribution in [0.15, 0.2) is 36.4 Å². The van der Waals surface area contributed by atoms with Gasteiger partial charge in [0.05, 0.1) is 11.6 Å². The van der Waals surface area contributed by atoms with Gasteiger partial charge in [-0.05, 0) is 24.3 Å². The highest BCUT2D eigenvalue weighted by atomic mass is 35.5. The van der Waals surface area contributed by atoms with Crippen molar-refractivity contribution < 1.29 is 8.78 Å². The molecule has 0 bridgehead atoms. The molecule has 0 N–H and O–H groups in total. The van der Waals surface area contributed by atoms with E-state index in [0.29, 0.717) is 34.8 Å². The van der Waals surface area contributed by atoms with Gasteiger partial charge in [0.2, 0.25) is 0 Å². The van der Waals surface area contributed by atoms with Crippen molar-refractivity contribution in [2.75, 3.05) is 26.2 Å². The molecule has 0 atom stereocenters. The van der Waals surface area contributed by atoms with Crippen LogP contribution >= 0.6 is 11.6 Å². The second-order valence-corrected chi connectivity index (χ2v) is 6.58. The number of halogens is 3. The zero-order valence-electron chi connectivity index (χ0n) is 13.7. The van der Waals surface area contributed by atoms with E-state index < -0.39 is 0 Å². The predicted octanol–water partition coefficient (Wildman–Crippen LogP) is 3.81. The Morgan fingerprint density at radius 1 is 0.960 bits per heavy atom. The van der Waals surface area contributed by atoms with Gasteiger partial charge in [-0.3, -0.25) is 9.80 Å². The fraction of sp³-hybridized carbons (Fsp3) is 0.316. The molecule has 2 aromatic rings. The summed E-state index contributed by atoms with van der Waals surface area (Å²) in [6, 6.07) is 11.2. The first-order valence-electron chi connectivity index (χ1n) is 8.13. The summed E-state index contributed by atoms with van der Waals surface area (Å²) in [5, 5.41) is 9.24. The summed E-state index contributed by atoms with van der Waals surface area (Å²) < 4.78 is 27.9. The van der Waals surface area contributed by atoms with Gasteiger partial charge in [0, 0.05) is 55.4 Å². The zero-order chi connectivity index (χ0) is 17.8. The molecule has 0 unspecified atom stereocenters. The maximum atomic E-state index is 14.0. The maximum Gasteiger partial charge on any atom is 0.129 e. The van der Waals surface area contributed by atoms with E-state index in [1.165, 1.54) is 12.1 Å². The van der Waals surface area contributed by atoms with Crippen molar-refractivity contribution in [3.63, 3.8) is 0 Å². The Kier molecular flexibility index (Phi) is 5.64. The molecule has 25 heavy (non-hydrogen) atoms. The maximum absolute atomic E-state index is 14.0. The van der Waals surface area contributed by atoms with Crippen molar-refractivity contribution in [1.29, 1.82) is 5.26 Å². The van der Waals surface area contributed by atoms with Crippen molar-refractivity contribution in [3.05, 3.63) is 69.7 Å². The van der Waals surface area contributed by atoms with Crippen molar-refractivity contribution in [2.45, 2.75) is 13.1 Å². The van der Waals surface area contributed by atoms with Crippen molar-refractivity contribution >= 4 is 11.6 Å². The molecular formula is C19H18ClF2N3. The summed E-state index contributed by atoms with van der Waals surface area (Å²) in [7, 11) is 0. The average molecular weight is 362 g/mol. The first-order chi connectivity index (χ1) is 12.1. The van der Waals surface area contributed by atoms with Crippen molar-refractivity contribution in [1.82, 2.24) is 9.80 Å². The lowest BCUT2D eigenvalue weighted by molar-refractivity contribution is 0.120. The molecular weight excluding hydrogens is 344 g/mol. The van der Waals surface area contributed by atoms with Gasteiger partial charge in [-0.15, -0.1) is 0 Å². The van der Waals surface area contributed by atoms with E-state index in [1.54, 1.807) is 24.3 Å². The first kappa shape index (κ1) is 17.8. The Labute approximate surface area is 151 Å². The van der Waals surface area contributed by atoms with Gasteiger partial charge in [0.1, 0.15) is 11.6 Å². The quantitative estimate of drug-likeness (QED) is 0.829. The van der Waals surface area contributed by atoms with Gasteiger partial charge in [0.25, 0.3) is 0 Å². The smallest absolute Gasteiger partial charge is 0.129 e. The van der Waals surface area contributed by atoms with Crippen LogP contribution in [0.1, 0.15) is 16.7 Å². The van der Waals surface area contributed by atoms with E-state index in [9.17, 15) is 8.78 Å². The Balaban J connectivity index is 1.56. The molecule has 6 heteroatoms. The molecule has 130 valence electrons. The van der Waals surface area contributed by atoms with E-state index in [1.807, 2.05) is 6.07 Å². The van der Waals surface area contributed by atoms with Gasteiger partial charge in [-0.1, -0.05) is 23.7 Å². The fourth-order valence-corrected chi connectivity index (χ4v) is 3.22. The molecule has 1 fully saturated rings. The Morgan fingerprint density at radius 3 is 2.24 bits per heavy atom. The second-order valence-electron chi connectivity index (χ2n) is 6.17. The SMILES string of the molecule is N#Cc1ccc(CN2CCN(Cc3c(F)cccc3Cl)CC2)c(F)c1. The minimum atomic E-state index is -0.348. The van der Waals surface area contributed by atoms with Crippen molar-refractivity contribution in [3.8, 4) is 6.07 Å². The van der Waals surface area contributed by atoms with Crippen LogP contribution in [-0.2, 0) is 13.1 Å². The highest BCUT2D eigenvalue weighted by Crippen LogP contribution is 2.22. The van der Waals surface area contributed by atoms with Gasteiger partial charge in [0.15, 0.2) is 0 Å². The van der Waals surface area contributed by atoms with E-state index in [4.69, 9.17) is 16.9 Å². The third kappa shape index (κ3) is 4.35. The third-order valence-corrected chi connectivity index (χ3v) is 4.84. The minimum Gasteiger partial charge on any atom is -0.296 e. The Bertz CT molecular complexity index is 775. The summed E-state index contributed by atoms with van der Waals surface area (Å²) >= 11 is 6.09. The Hall–Kier alpha value is -2.00. The van der Waals surface area contributed by atoms with Gasteiger partial charge < -0.3 is 0 Å². The number of benzene rings is 2. The Morgan fingerprint density at radius 2 is 1.64 bits per heavy atom. The molecule has 0 spiro atoms. The minimum absolute atomic E-state index is 0.283. The molecule has 2 aromatic carbocycles. The molecule has 0 aromatic heterocycles. The lowest BCUT2D eigenvalue weighted by Gasteiger charge is -2.35. The van der Waals surface area contributed by atoms with Gasteiger partial charge >= 0.3 is 0 Å². The molecule has 1 aliphatic rings. The summed E-state index contributed by atoms with van der Waals surface area (Å²) in [5.41, 5.74) is 1.44. The fourth-order valence-electron chi connectivity index (χ4n) is 3.00. The standard InChI is InChI=1S/C19H18ClF2N3/c20-17-2-1-3-18(21)16(17)13-25-8-6-24(7-9-25)12-15-5-4-14(11-23)10-19(15)22/h1-5,10H,6-9,12-13H2. The molecule has 0 aliphatic carbocycles. The molecule has 0 amide bonds. The highest BCUT2D eigenvalue weighted by molar-refractivity contribution is 6.31. The molecule has 3 nitrogen and oxygen atoms in total. The molecule has 0 radical (unpaired) electrons. The number of hydrogen-bond acceptors (Lipinski definition) is 3. The number of piperazine rings is 1. The van der Waals surface area contributed by atoms with E-state index in [2.05, 4.69) is 9.80 Å². The highest BCUT2D eigenvalue weighted by Gasteiger charge is 2.20. The third-order valence-electron chi connectivity index (χ3n) is 4.48. The number of hydrogen-bond donors (Lipinski definition) is 0. The van der Waals surface area contributed by atoms with Crippen LogP contribution in [0.5, 0.6) is 0 Å². The van der Waals surface area contributed by atoms with Crippen LogP contribution in [0.25, 0.3) is 0 Å². The van der Waals surface area contributed by atoms with E-state index >= 15 is 0 Å². The van der Waals surface area contributed by atoms with Crippen LogP contribution in [0.2, 0.25) is 5.02 Å². The first-order valence-corrected chi connectivity index (χ1v) is 8.51. The molecule has 3 rings (SSSR count). The molecule has 1 aliphatic heterocycles. The second kappa shape index (κ2) is 7.92. The van der Waals surface area contributed by atoms with Crippen LogP contribution in [0, 0.1) is 23.0 Å². The number of nitriles is 1. The van der Waals surface area contributed by atoms with Gasteiger partial charge in [-0.2, -0.15) is 5.26 Å². The summed E-state index contributed by atoms with van der Waals surface area (Å²) in [6.45, 7) is 4.05. The summed E-state index contributed by atoms with van der Waals surface area (Å²) in [5.74, 6) is -0.630. The number of rotatable bonds is 4. The molecule has 0 saturated carbocycles. The van der Waals surface area contributed by atoms with Crippen LogP contribution in [0.3, 0.4) is 0 Å². The predicted molar refractivity (Wildman–Crippen MR) is 93.1 cm³/mol. The lowest BCUT2D eigenvalue weighted by Crippen LogP contribution is -2.45. The van der Waals surface area contributed by atoms with E-state index in [-0.39, 0.29) is 11.6 Å². The lowest BCUT2D eigenvalue weighted by atomic mass is 10.1. The van der Waals surface area contributed by atoms with E-state index in [0.717, 1.165) is 26.2 Å². The topological polar surface area (TPSA) is 30.3 Å². The van der Waals surface area contributed by atoms with Crippen LogP contribution in [0.4, 0.5) is 8.78 Å². The molecule has 1 heterocycles. The average Bonchev–Trinajstić information content (AvgIpc) is 2.61. The summed E-state index contributed by atoms with van der Waals surface area (Å²) in [4.78, 5) is 4.31. The largest absolute Gasteiger partial charge is 0.296 e. The zero-order valence-corrected chi connectivity index (χ0v) is 14.4. The summed E-state index contributed by atoms with van der Waals surface area (Å²) in [6.07, 6.45) is 0. The monoisotopic (exact) mass is 361 g/mol. The van der Waals surface area contributed by atoms with Crippen LogP contribution in [-0.4, -0.2) is 36.0 Å². The van der Waals surface area contributed by atoms with Crippen LogP contribution < -0.4 is 0 Å². The molecule has 1 saturated heterocycles. The number of nitrogens with zero attached hydrogens (tertiary/aromatic N) is 3. The van der Waals surface area contributed by atoms with Crippen molar-refractivity contribution in [2.24, 2.45) is 0 Å². The normalized spacial score (nSPS) is 15.9.